The average molecular weight is 168 g/mol. The smallest absolute Gasteiger partial charge is 0.0989 e. The Morgan fingerprint density at radius 2 is 1.92 bits per heavy atom. The zero-order valence-corrected chi connectivity index (χ0v) is 8.34. The van der Waals surface area contributed by atoms with Gasteiger partial charge in [-0.1, -0.05) is 13.8 Å². The first-order chi connectivity index (χ1) is 5.88. The molecule has 1 aliphatic rings. The second-order valence-corrected chi connectivity index (χ2v) is 3.39. The summed E-state index contributed by atoms with van der Waals surface area (Å²) >= 11 is 0. The number of hydrogen-bond acceptors (Lipinski definition) is 2. The lowest BCUT2D eigenvalue weighted by Crippen LogP contribution is -2.31. The van der Waals surface area contributed by atoms with Crippen LogP contribution in [0.25, 0.3) is 0 Å². The molecule has 0 fully saturated rings. The molecule has 70 valence electrons. The third-order valence-corrected chi connectivity index (χ3v) is 2.20. The lowest BCUT2D eigenvalue weighted by atomic mass is 10.3. The van der Waals surface area contributed by atoms with Gasteiger partial charge in [-0.3, -0.25) is 4.99 Å². The molecule has 0 saturated carbocycles. The van der Waals surface area contributed by atoms with E-state index in [-0.39, 0.29) is 0 Å². The van der Waals surface area contributed by atoms with Gasteiger partial charge in [-0.25, -0.2) is 0 Å². The first kappa shape index (κ1) is 9.56. The molecular formula is C10H20N2. The lowest BCUT2D eigenvalue weighted by Gasteiger charge is -2.23. The zero-order valence-electron chi connectivity index (χ0n) is 8.34. The highest BCUT2D eigenvalue weighted by atomic mass is 15.2. The second-order valence-electron chi connectivity index (χ2n) is 3.39. The zero-order chi connectivity index (χ0) is 8.81. The van der Waals surface area contributed by atoms with Crippen LogP contribution in [0.3, 0.4) is 0 Å². The maximum absolute atomic E-state index is 4.52. The van der Waals surface area contributed by atoms with Crippen LogP contribution in [-0.2, 0) is 0 Å². The van der Waals surface area contributed by atoms with Crippen molar-refractivity contribution in [2.75, 3.05) is 19.6 Å². The molecule has 0 bridgehead atoms. The molecule has 2 nitrogen and oxygen atoms in total. The van der Waals surface area contributed by atoms with Gasteiger partial charge in [0.15, 0.2) is 0 Å². The minimum atomic E-state index is 1.05. The molecule has 0 saturated heterocycles. The Hall–Kier alpha value is -0.530. The first-order valence-corrected chi connectivity index (χ1v) is 5.16. The van der Waals surface area contributed by atoms with E-state index in [1.165, 1.54) is 44.6 Å². The van der Waals surface area contributed by atoms with E-state index in [9.17, 15) is 0 Å². The topological polar surface area (TPSA) is 15.6 Å². The summed E-state index contributed by atoms with van der Waals surface area (Å²) < 4.78 is 0. The third kappa shape index (κ3) is 2.50. The predicted molar refractivity (Wildman–Crippen MR) is 53.7 cm³/mol. The Labute approximate surface area is 75.7 Å². The van der Waals surface area contributed by atoms with Crippen LogP contribution in [0.1, 0.15) is 39.5 Å². The molecule has 1 aliphatic heterocycles. The average Bonchev–Trinajstić information content (AvgIpc) is 2.56. The van der Waals surface area contributed by atoms with E-state index in [4.69, 9.17) is 0 Å². The molecule has 0 unspecified atom stereocenters. The Kier molecular flexibility index (Phi) is 4.12. The van der Waals surface area contributed by atoms with Crippen molar-refractivity contribution in [1.82, 2.24) is 4.90 Å². The van der Waals surface area contributed by atoms with Crippen LogP contribution < -0.4 is 0 Å². The summed E-state index contributed by atoms with van der Waals surface area (Å²) in [7, 11) is 0. The Morgan fingerprint density at radius 3 is 2.33 bits per heavy atom. The summed E-state index contributed by atoms with van der Waals surface area (Å²) in [6, 6.07) is 0. The van der Waals surface area contributed by atoms with E-state index < -0.39 is 0 Å². The first-order valence-electron chi connectivity index (χ1n) is 5.16. The monoisotopic (exact) mass is 168 g/mol. The minimum absolute atomic E-state index is 1.05. The van der Waals surface area contributed by atoms with Gasteiger partial charge in [-0.2, -0.15) is 0 Å². The molecule has 0 aromatic rings. The standard InChI is InChI=1S/C10H20N2/c1-3-8-12(9-4-2)10-6-5-7-11-10/h3-9H2,1-2H3. The van der Waals surface area contributed by atoms with Crippen LogP contribution in [-0.4, -0.2) is 30.4 Å². The highest BCUT2D eigenvalue weighted by Crippen LogP contribution is 2.09. The van der Waals surface area contributed by atoms with Crippen molar-refractivity contribution in [3.05, 3.63) is 0 Å². The molecule has 0 aliphatic carbocycles. The summed E-state index contributed by atoms with van der Waals surface area (Å²) in [6.07, 6.45) is 4.94. The molecule has 1 heterocycles. The van der Waals surface area contributed by atoms with Crippen molar-refractivity contribution in [3.63, 3.8) is 0 Å². The van der Waals surface area contributed by atoms with Gasteiger partial charge in [0.1, 0.15) is 0 Å². The van der Waals surface area contributed by atoms with Gasteiger partial charge in [0.05, 0.1) is 5.84 Å². The van der Waals surface area contributed by atoms with Crippen molar-refractivity contribution in [2.45, 2.75) is 39.5 Å². The van der Waals surface area contributed by atoms with Crippen molar-refractivity contribution in [3.8, 4) is 0 Å². The van der Waals surface area contributed by atoms with E-state index in [0.717, 1.165) is 6.54 Å². The Morgan fingerprint density at radius 1 is 1.25 bits per heavy atom. The van der Waals surface area contributed by atoms with E-state index in [0.29, 0.717) is 0 Å². The summed E-state index contributed by atoms with van der Waals surface area (Å²) in [4.78, 5) is 6.97. The largest absolute Gasteiger partial charge is 0.360 e. The molecule has 0 radical (unpaired) electrons. The second kappa shape index (κ2) is 5.18. The summed E-state index contributed by atoms with van der Waals surface area (Å²) in [5.74, 6) is 1.36. The van der Waals surface area contributed by atoms with E-state index in [1.54, 1.807) is 0 Å². The highest BCUT2D eigenvalue weighted by molar-refractivity contribution is 5.83. The molecule has 0 aromatic carbocycles. The number of amidine groups is 1. The maximum Gasteiger partial charge on any atom is 0.0989 e. The van der Waals surface area contributed by atoms with Gasteiger partial charge in [-0.15, -0.1) is 0 Å². The number of rotatable bonds is 4. The van der Waals surface area contributed by atoms with Crippen LogP contribution in [0.5, 0.6) is 0 Å². The number of aliphatic imine (C=N–C) groups is 1. The van der Waals surface area contributed by atoms with Crippen LogP contribution >= 0.6 is 0 Å². The van der Waals surface area contributed by atoms with Gasteiger partial charge in [0.2, 0.25) is 0 Å². The van der Waals surface area contributed by atoms with Crippen molar-refractivity contribution < 1.29 is 0 Å². The minimum Gasteiger partial charge on any atom is -0.360 e. The molecule has 0 atom stereocenters. The number of nitrogens with zero attached hydrogens (tertiary/aromatic N) is 2. The molecule has 2 heteroatoms. The van der Waals surface area contributed by atoms with E-state index in [1.807, 2.05) is 0 Å². The van der Waals surface area contributed by atoms with Crippen molar-refractivity contribution in [1.29, 1.82) is 0 Å². The predicted octanol–water partition coefficient (Wildman–Crippen LogP) is 2.30. The SMILES string of the molecule is CCCN(CCC)C1=NCCC1. The van der Waals surface area contributed by atoms with E-state index in [2.05, 4.69) is 23.7 Å². The van der Waals surface area contributed by atoms with Gasteiger partial charge in [-0.05, 0) is 19.3 Å². The lowest BCUT2D eigenvalue weighted by molar-refractivity contribution is 0.411. The molecule has 0 N–H and O–H groups in total. The third-order valence-electron chi connectivity index (χ3n) is 2.20. The fraction of sp³-hybridized carbons (Fsp3) is 0.900. The fourth-order valence-corrected chi connectivity index (χ4v) is 1.69. The molecular weight excluding hydrogens is 148 g/mol. The summed E-state index contributed by atoms with van der Waals surface area (Å²) in [5, 5.41) is 0. The van der Waals surface area contributed by atoms with Gasteiger partial charge in [0.25, 0.3) is 0 Å². The van der Waals surface area contributed by atoms with Crippen LogP contribution in [0.4, 0.5) is 0 Å². The van der Waals surface area contributed by atoms with Gasteiger partial charge >= 0.3 is 0 Å². The fourth-order valence-electron chi connectivity index (χ4n) is 1.69. The van der Waals surface area contributed by atoms with Gasteiger partial charge in [0, 0.05) is 26.1 Å². The van der Waals surface area contributed by atoms with Crippen molar-refractivity contribution in [2.24, 2.45) is 4.99 Å². The molecule has 0 aromatic heterocycles. The highest BCUT2D eigenvalue weighted by Gasteiger charge is 2.12. The van der Waals surface area contributed by atoms with Crippen LogP contribution in [0.2, 0.25) is 0 Å². The Balaban J connectivity index is 2.40. The summed E-state index contributed by atoms with van der Waals surface area (Å²) in [6.45, 7) is 7.90. The quantitative estimate of drug-likeness (QED) is 0.629. The van der Waals surface area contributed by atoms with Crippen LogP contribution in [0, 0.1) is 0 Å². The maximum atomic E-state index is 4.52. The Bertz CT molecular complexity index is 146. The van der Waals surface area contributed by atoms with Crippen LogP contribution in [0.15, 0.2) is 4.99 Å². The normalized spacial score (nSPS) is 16.3. The summed E-state index contributed by atoms with van der Waals surface area (Å²) in [5.41, 5.74) is 0. The van der Waals surface area contributed by atoms with E-state index >= 15 is 0 Å². The van der Waals surface area contributed by atoms with Gasteiger partial charge < -0.3 is 4.90 Å². The van der Waals surface area contributed by atoms with Crippen molar-refractivity contribution >= 4 is 5.84 Å². The molecule has 0 amide bonds. The molecule has 0 spiro atoms. The number of hydrogen-bond donors (Lipinski definition) is 0. The molecule has 12 heavy (non-hydrogen) atoms. The molecule has 1 rings (SSSR count).